The van der Waals surface area contributed by atoms with Crippen LogP contribution in [0.25, 0.3) is 0 Å². The molecule has 0 spiro atoms. The van der Waals surface area contributed by atoms with Gasteiger partial charge in [-0.15, -0.1) is 0 Å². The molecule has 7 nitrogen and oxygen atoms in total. The van der Waals surface area contributed by atoms with Crippen LogP contribution in [-0.4, -0.2) is 61.0 Å². The smallest absolute Gasteiger partial charge is 0.233 e. The van der Waals surface area contributed by atoms with E-state index in [9.17, 15) is 4.79 Å². The quantitative estimate of drug-likeness (QED) is 0.787. The maximum absolute atomic E-state index is 13.9. The standard InChI is InChI=1S/C23H31N3O4/c1-28-20-7-5-19(6-8-20)23(9-3-2-4-10-23)22(27)26-11-12-29-16-18(15-26)17-30-21-13-24-25-14-21/h5-8,13-14,18H,2-4,9-12,15-17H2,1H3,(H,24,25). The van der Waals surface area contributed by atoms with Gasteiger partial charge in [-0.25, -0.2) is 0 Å². The Bertz CT molecular complexity index is 800. The van der Waals surface area contributed by atoms with E-state index >= 15 is 0 Å². The third-order valence-electron chi connectivity index (χ3n) is 6.34. The zero-order valence-electron chi connectivity index (χ0n) is 17.6. The Morgan fingerprint density at radius 1 is 1.23 bits per heavy atom. The fourth-order valence-corrected chi connectivity index (χ4v) is 4.69. The number of aromatic amines is 1. The fourth-order valence-electron chi connectivity index (χ4n) is 4.69. The van der Waals surface area contributed by atoms with Crippen molar-refractivity contribution in [2.45, 2.75) is 37.5 Å². The summed E-state index contributed by atoms with van der Waals surface area (Å²) in [6, 6.07) is 8.06. The van der Waals surface area contributed by atoms with Gasteiger partial charge in [-0.3, -0.25) is 9.89 Å². The van der Waals surface area contributed by atoms with Gasteiger partial charge in [0.1, 0.15) is 5.75 Å². The number of aromatic nitrogens is 2. The molecule has 1 atom stereocenters. The van der Waals surface area contributed by atoms with Crippen molar-refractivity contribution in [1.29, 1.82) is 0 Å². The minimum Gasteiger partial charge on any atom is -0.497 e. The molecule has 1 aliphatic carbocycles. The number of benzene rings is 1. The first kappa shape index (κ1) is 20.7. The van der Waals surface area contributed by atoms with E-state index in [4.69, 9.17) is 14.2 Å². The minimum atomic E-state index is -0.454. The van der Waals surface area contributed by atoms with Gasteiger partial charge in [0.2, 0.25) is 5.91 Å². The van der Waals surface area contributed by atoms with E-state index in [0.717, 1.165) is 37.0 Å². The second-order valence-electron chi connectivity index (χ2n) is 8.31. The highest BCUT2D eigenvalue weighted by Gasteiger charge is 2.44. The number of nitrogens with zero attached hydrogens (tertiary/aromatic N) is 2. The summed E-state index contributed by atoms with van der Waals surface area (Å²) < 4.78 is 16.9. The number of methoxy groups -OCH3 is 1. The lowest BCUT2D eigenvalue weighted by molar-refractivity contribution is -0.139. The van der Waals surface area contributed by atoms with E-state index in [0.29, 0.717) is 38.7 Å². The van der Waals surface area contributed by atoms with Crippen molar-refractivity contribution in [3.63, 3.8) is 0 Å². The molecular weight excluding hydrogens is 382 g/mol. The summed E-state index contributed by atoms with van der Waals surface area (Å²) in [7, 11) is 1.67. The van der Waals surface area contributed by atoms with Crippen LogP contribution in [0.1, 0.15) is 37.7 Å². The molecule has 1 aliphatic heterocycles. The summed E-state index contributed by atoms with van der Waals surface area (Å²) in [6.07, 6.45) is 8.51. The second-order valence-corrected chi connectivity index (χ2v) is 8.31. The highest BCUT2D eigenvalue weighted by atomic mass is 16.5. The Morgan fingerprint density at radius 3 is 2.73 bits per heavy atom. The SMILES string of the molecule is COc1ccc(C2(C(=O)N3CCOCC(COc4cn[nH]c4)C3)CCCCC2)cc1. The van der Waals surface area contributed by atoms with Crippen molar-refractivity contribution < 1.29 is 19.0 Å². The first-order chi connectivity index (χ1) is 14.7. The summed E-state index contributed by atoms with van der Waals surface area (Å²) in [5.41, 5.74) is 0.648. The molecule has 1 saturated heterocycles. The Labute approximate surface area is 177 Å². The van der Waals surface area contributed by atoms with Gasteiger partial charge in [0.15, 0.2) is 5.75 Å². The molecule has 30 heavy (non-hydrogen) atoms. The Kier molecular flexibility index (Phi) is 6.57. The predicted octanol–water partition coefficient (Wildman–Crippen LogP) is 3.17. The van der Waals surface area contributed by atoms with Gasteiger partial charge in [-0.05, 0) is 30.5 Å². The Hall–Kier alpha value is -2.54. The number of hydrogen-bond donors (Lipinski definition) is 1. The van der Waals surface area contributed by atoms with Crippen molar-refractivity contribution in [3.8, 4) is 11.5 Å². The molecule has 1 unspecified atom stereocenters. The zero-order valence-corrected chi connectivity index (χ0v) is 17.6. The van der Waals surface area contributed by atoms with Crippen LogP contribution in [0.5, 0.6) is 11.5 Å². The van der Waals surface area contributed by atoms with Gasteiger partial charge < -0.3 is 19.1 Å². The summed E-state index contributed by atoms with van der Waals surface area (Å²) in [4.78, 5) is 16.0. The van der Waals surface area contributed by atoms with Crippen molar-refractivity contribution in [1.82, 2.24) is 15.1 Å². The highest BCUT2D eigenvalue weighted by Crippen LogP contribution is 2.41. The van der Waals surface area contributed by atoms with Crippen molar-refractivity contribution in [2.75, 3.05) is 40.0 Å². The molecule has 2 fully saturated rings. The van der Waals surface area contributed by atoms with Crippen LogP contribution in [0.4, 0.5) is 0 Å². The number of ether oxygens (including phenoxy) is 3. The van der Waals surface area contributed by atoms with Crippen LogP contribution in [-0.2, 0) is 14.9 Å². The topological polar surface area (TPSA) is 76.7 Å². The molecule has 7 heteroatoms. The maximum Gasteiger partial charge on any atom is 0.233 e. The summed E-state index contributed by atoms with van der Waals surface area (Å²) in [5, 5.41) is 6.66. The zero-order chi connectivity index (χ0) is 20.8. The third-order valence-corrected chi connectivity index (χ3v) is 6.34. The van der Waals surface area contributed by atoms with E-state index in [1.54, 1.807) is 19.5 Å². The molecule has 2 aromatic rings. The lowest BCUT2D eigenvalue weighted by Crippen LogP contribution is -2.50. The third kappa shape index (κ3) is 4.46. The Morgan fingerprint density at radius 2 is 2.03 bits per heavy atom. The number of carbonyl (C=O) groups is 1. The second kappa shape index (κ2) is 9.51. The van der Waals surface area contributed by atoms with Crippen molar-refractivity contribution >= 4 is 5.91 Å². The lowest BCUT2D eigenvalue weighted by atomic mass is 9.68. The fraction of sp³-hybridized carbons (Fsp3) is 0.565. The van der Waals surface area contributed by atoms with Crippen LogP contribution < -0.4 is 9.47 Å². The number of rotatable bonds is 6. The summed E-state index contributed by atoms with van der Waals surface area (Å²) in [6.45, 7) is 2.93. The number of amides is 1. The average molecular weight is 414 g/mol. The van der Waals surface area contributed by atoms with Gasteiger partial charge in [0, 0.05) is 19.0 Å². The molecule has 1 amide bonds. The molecule has 2 heterocycles. The highest BCUT2D eigenvalue weighted by molar-refractivity contribution is 5.88. The van der Waals surface area contributed by atoms with E-state index < -0.39 is 5.41 Å². The Balaban J connectivity index is 1.52. The van der Waals surface area contributed by atoms with Crippen LogP contribution in [0.3, 0.4) is 0 Å². The lowest BCUT2D eigenvalue weighted by Gasteiger charge is -2.40. The van der Waals surface area contributed by atoms with E-state index in [1.807, 2.05) is 17.0 Å². The van der Waals surface area contributed by atoms with E-state index in [-0.39, 0.29) is 11.8 Å². The van der Waals surface area contributed by atoms with Gasteiger partial charge in [-0.2, -0.15) is 5.10 Å². The van der Waals surface area contributed by atoms with Gasteiger partial charge in [0.25, 0.3) is 0 Å². The van der Waals surface area contributed by atoms with Crippen LogP contribution in [0.15, 0.2) is 36.7 Å². The predicted molar refractivity (Wildman–Crippen MR) is 113 cm³/mol. The van der Waals surface area contributed by atoms with Gasteiger partial charge in [-0.1, -0.05) is 31.4 Å². The van der Waals surface area contributed by atoms with Crippen LogP contribution in [0, 0.1) is 5.92 Å². The molecule has 1 aromatic carbocycles. The van der Waals surface area contributed by atoms with Crippen molar-refractivity contribution in [2.24, 2.45) is 5.92 Å². The molecule has 0 radical (unpaired) electrons. The molecule has 1 aromatic heterocycles. The summed E-state index contributed by atoms with van der Waals surface area (Å²) in [5.74, 6) is 1.88. The molecule has 0 bridgehead atoms. The molecule has 162 valence electrons. The number of carbonyl (C=O) groups excluding carboxylic acids is 1. The number of hydrogen-bond acceptors (Lipinski definition) is 5. The minimum absolute atomic E-state index is 0.128. The molecule has 1 saturated carbocycles. The number of H-pyrrole nitrogens is 1. The molecule has 4 rings (SSSR count). The van der Waals surface area contributed by atoms with E-state index in [2.05, 4.69) is 22.3 Å². The van der Waals surface area contributed by atoms with Gasteiger partial charge >= 0.3 is 0 Å². The maximum atomic E-state index is 13.9. The largest absolute Gasteiger partial charge is 0.497 e. The van der Waals surface area contributed by atoms with Crippen LogP contribution >= 0.6 is 0 Å². The molecule has 2 aliphatic rings. The first-order valence-electron chi connectivity index (χ1n) is 10.8. The average Bonchev–Trinajstić information content (AvgIpc) is 3.22. The summed E-state index contributed by atoms with van der Waals surface area (Å²) >= 11 is 0. The number of nitrogens with one attached hydrogen (secondary N) is 1. The molecule has 1 N–H and O–H groups in total. The normalized spacial score (nSPS) is 21.6. The van der Waals surface area contributed by atoms with Crippen molar-refractivity contribution in [3.05, 3.63) is 42.2 Å². The van der Waals surface area contributed by atoms with Gasteiger partial charge in [0.05, 0.1) is 44.7 Å². The first-order valence-corrected chi connectivity index (χ1v) is 10.8. The monoisotopic (exact) mass is 413 g/mol. The molecular formula is C23H31N3O4. The van der Waals surface area contributed by atoms with Crippen LogP contribution in [0.2, 0.25) is 0 Å². The van der Waals surface area contributed by atoms with E-state index in [1.165, 1.54) is 6.42 Å².